The molecule has 1 aromatic heterocycles. The van der Waals surface area contributed by atoms with Gasteiger partial charge in [0.05, 0.1) is 0 Å². The van der Waals surface area contributed by atoms with Crippen LogP contribution in [0.15, 0.2) is 28.9 Å². The van der Waals surface area contributed by atoms with Crippen LogP contribution in [0.2, 0.25) is 0 Å². The highest BCUT2D eigenvalue weighted by Crippen LogP contribution is 2.24. The highest BCUT2D eigenvalue weighted by molar-refractivity contribution is 9.10. The van der Waals surface area contributed by atoms with Crippen molar-refractivity contribution in [3.63, 3.8) is 0 Å². The maximum atomic E-state index is 13.3. The van der Waals surface area contributed by atoms with E-state index < -0.39 is 0 Å². The standard InChI is InChI=1S/C15H17BrFN3O/c1-3-4-18-8-11-9-19-15(20-10(11)2)21-14-6-12(16)5-13(17)7-14/h5-7,9,18H,3-4,8H2,1-2H3. The van der Waals surface area contributed by atoms with Crippen LogP contribution >= 0.6 is 15.9 Å². The average molecular weight is 354 g/mol. The van der Waals surface area contributed by atoms with Gasteiger partial charge in [0.15, 0.2) is 0 Å². The van der Waals surface area contributed by atoms with E-state index in [-0.39, 0.29) is 11.8 Å². The van der Waals surface area contributed by atoms with Crippen LogP contribution in [0, 0.1) is 12.7 Å². The summed E-state index contributed by atoms with van der Waals surface area (Å²) in [4.78, 5) is 8.46. The SMILES string of the molecule is CCCNCc1cnc(Oc2cc(F)cc(Br)c2)nc1C. The monoisotopic (exact) mass is 353 g/mol. The van der Waals surface area contributed by atoms with E-state index in [1.165, 1.54) is 12.1 Å². The summed E-state index contributed by atoms with van der Waals surface area (Å²) in [6, 6.07) is 4.53. The molecule has 0 atom stereocenters. The second-order valence-electron chi connectivity index (χ2n) is 4.65. The molecule has 0 fully saturated rings. The van der Waals surface area contributed by atoms with Crippen LogP contribution in [0.5, 0.6) is 11.8 Å². The lowest BCUT2D eigenvalue weighted by molar-refractivity contribution is 0.435. The number of nitrogens with one attached hydrogen (secondary N) is 1. The van der Waals surface area contributed by atoms with Crippen molar-refractivity contribution < 1.29 is 9.13 Å². The van der Waals surface area contributed by atoms with Crippen molar-refractivity contribution >= 4 is 15.9 Å². The van der Waals surface area contributed by atoms with Crippen LogP contribution in [0.25, 0.3) is 0 Å². The molecular weight excluding hydrogens is 337 g/mol. The lowest BCUT2D eigenvalue weighted by Crippen LogP contribution is -2.15. The largest absolute Gasteiger partial charge is 0.424 e. The molecule has 0 saturated heterocycles. The first-order valence-electron chi connectivity index (χ1n) is 6.75. The maximum Gasteiger partial charge on any atom is 0.322 e. The molecule has 0 amide bonds. The predicted molar refractivity (Wildman–Crippen MR) is 82.9 cm³/mol. The zero-order valence-electron chi connectivity index (χ0n) is 12.0. The Morgan fingerprint density at radius 2 is 2.14 bits per heavy atom. The highest BCUT2D eigenvalue weighted by Gasteiger charge is 2.07. The molecule has 112 valence electrons. The second-order valence-corrected chi connectivity index (χ2v) is 5.56. The summed E-state index contributed by atoms with van der Waals surface area (Å²) in [5.74, 6) is -0.0189. The van der Waals surface area contributed by atoms with Gasteiger partial charge in [-0.25, -0.2) is 9.37 Å². The van der Waals surface area contributed by atoms with Gasteiger partial charge in [0.2, 0.25) is 0 Å². The normalized spacial score (nSPS) is 10.7. The van der Waals surface area contributed by atoms with Gasteiger partial charge in [-0.2, -0.15) is 4.98 Å². The summed E-state index contributed by atoms with van der Waals surface area (Å²) in [6.07, 6.45) is 2.81. The van der Waals surface area contributed by atoms with E-state index in [1.54, 1.807) is 12.3 Å². The van der Waals surface area contributed by atoms with Crippen molar-refractivity contribution in [1.29, 1.82) is 0 Å². The van der Waals surface area contributed by atoms with Crippen molar-refractivity contribution in [1.82, 2.24) is 15.3 Å². The second kappa shape index (κ2) is 7.47. The van der Waals surface area contributed by atoms with Crippen molar-refractivity contribution in [2.24, 2.45) is 0 Å². The first kappa shape index (κ1) is 15.9. The van der Waals surface area contributed by atoms with Crippen LogP contribution < -0.4 is 10.1 Å². The van der Waals surface area contributed by atoms with Gasteiger partial charge < -0.3 is 10.1 Å². The van der Waals surface area contributed by atoms with E-state index in [4.69, 9.17) is 4.74 Å². The fourth-order valence-electron chi connectivity index (χ4n) is 1.79. The van der Waals surface area contributed by atoms with Crippen molar-refractivity contribution in [2.45, 2.75) is 26.8 Å². The fraction of sp³-hybridized carbons (Fsp3) is 0.333. The van der Waals surface area contributed by atoms with Crippen LogP contribution in [0.3, 0.4) is 0 Å². The minimum atomic E-state index is -0.378. The molecule has 0 aliphatic heterocycles. The summed E-state index contributed by atoms with van der Waals surface area (Å²) in [7, 11) is 0. The Kier molecular flexibility index (Phi) is 5.64. The first-order chi connectivity index (χ1) is 10.1. The van der Waals surface area contributed by atoms with Crippen molar-refractivity contribution in [3.05, 3.63) is 45.9 Å². The molecule has 1 aromatic carbocycles. The highest BCUT2D eigenvalue weighted by atomic mass is 79.9. The molecule has 1 heterocycles. The summed E-state index contributed by atoms with van der Waals surface area (Å²) >= 11 is 3.22. The van der Waals surface area contributed by atoms with E-state index in [0.29, 0.717) is 10.2 Å². The predicted octanol–water partition coefficient (Wildman–Crippen LogP) is 3.98. The van der Waals surface area contributed by atoms with Crippen molar-refractivity contribution in [3.8, 4) is 11.8 Å². The molecule has 21 heavy (non-hydrogen) atoms. The van der Waals surface area contributed by atoms with Crippen molar-refractivity contribution in [2.75, 3.05) is 6.54 Å². The third-order valence-corrected chi connectivity index (χ3v) is 3.30. The lowest BCUT2D eigenvalue weighted by atomic mass is 10.2. The molecular formula is C15H17BrFN3O. The summed E-state index contributed by atoms with van der Waals surface area (Å²) in [5.41, 5.74) is 1.87. The van der Waals surface area contributed by atoms with Gasteiger partial charge in [0.25, 0.3) is 0 Å². The van der Waals surface area contributed by atoms with Gasteiger partial charge in [0.1, 0.15) is 11.6 Å². The number of ether oxygens (including phenoxy) is 1. The molecule has 0 aliphatic carbocycles. The smallest absolute Gasteiger partial charge is 0.322 e. The molecule has 4 nitrogen and oxygen atoms in total. The van der Waals surface area contributed by atoms with E-state index in [0.717, 1.165) is 30.8 Å². The van der Waals surface area contributed by atoms with Gasteiger partial charge in [0, 0.05) is 34.5 Å². The zero-order valence-corrected chi connectivity index (χ0v) is 13.6. The van der Waals surface area contributed by atoms with Gasteiger partial charge >= 0.3 is 6.01 Å². The average Bonchev–Trinajstić information content (AvgIpc) is 2.40. The Morgan fingerprint density at radius 1 is 1.33 bits per heavy atom. The molecule has 0 aliphatic rings. The molecule has 6 heteroatoms. The summed E-state index contributed by atoms with van der Waals surface area (Å²) < 4.78 is 19.4. The molecule has 0 radical (unpaired) electrons. The molecule has 1 N–H and O–H groups in total. The van der Waals surface area contributed by atoms with Gasteiger partial charge in [-0.1, -0.05) is 22.9 Å². The quantitative estimate of drug-likeness (QED) is 0.798. The topological polar surface area (TPSA) is 47.0 Å². The number of halogens is 2. The fourth-order valence-corrected chi connectivity index (χ4v) is 2.23. The summed E-state index contributed by atoms with van der Waals surface area (Å²) in [5, 5.41) is 3.30. The third kappa shape index (κ3) is 4.75. The minimum absolute atomic E-state index is 0.212. The van der Waals surface area contributed by atoms with Gasteiger partial charge in [-0.3, -0.25) is 0 Å². The van der Waals surface area contributed by atoms with E-state index >= 15 is 0 Å². The van der Waals surface area contributed by atoms with Crippen LogP contribution in [0.4, 0.5) is 4.39 Å². The third-order valence-electron chi connectivity index (χ3n) is 2.85. The summed E-state index contributed by atoms with van der Waals surface area (Å²) in [6.45, 7) is 5.70. The molecule has 2 aromatic rings. The van der Waals surface area contributed by atoms with Crippen LogP contribution in [-0.2, 0) is 6.54 Å². The molecule has 0 unspecified atom stereocenters. The number of hydrogen-bond donors (Lipinski definition) is 1. The molecule has 0 bridgehead atoms. The Morgan fingerprint density at radius 3 is 2.81 bits per heavy atom. The number of hydrogen-bond acceptors (Lipinski definition) is 4. The first-order valence-corrected chi connectivity index (χ1v) is 7.55. The minimum Gasteiger partial charge on any atom is -0.424 e. The number of aryl methyl sites for hydroxylation is 1. The number of aromatic nitrogens is 2. The Labute approximate surface area is 131 Å². The molecule has 0 saturated carbocycles. The number of nitrogens with zero attached hydrogens (tertiary/aromatic N) is 2. The number of benzene rings is 1. The Balaban J connectivity index is 2.09. The van der Waals surface area contributed by atoms with Gasteiger partial charge in [-0.15, -0.1) is 0 Å². The maximum absolute atomic E-state index is 13.3. The van der Waals surface area contributed by atoms with Gasteiger partial charge in [-0.05, 0) is 32.0 Å². The molecule has 0 spiro atoms. The Hall–Kier alpha value is -1.53. The van der Waals surface area contributed by atoms with E-state index in [1.807, 2.05) is 6.92 Å². The van der Waals surface area contributed by atoms with E-state index in [9.17, 15) is 4.39 Å². The molecule has 2 rings (SSSR count). The lowest BCUT2D eigenvalue weighted by Gasteiger charge is -2.09. The van der Waals surface area contributed by atoms with Crippen LogP contribution in [0.1, 0.15) is 24.6 Å². The number of rotatable bonds is 6. The Bertz CT molecular complexity index is 602. The van der Waals surface area contributed by atoms with E-state index in [2.05, 4.69) is 38.1 Å². The zero-order chi connectivity index (χ0) is 15.2. The van der Waals surface area contributed by atoms with Crippen LogP contribution in [-0.4, -0.2) is 16.5 Å².